The maximum absolute atomic E-state index is 14.8. The lowest BCUT2D eigenvalue weighted by Crippen LogP contribution is -2.49. The van der Waals surface area contributed by atoms with Crippen molar-refractivity contribution in [3.05, 3.63) is 95.3 Å². The summed E-state index contributed by atoms with van der Waals surface area (Å²) in [5.41, 5.74) is 12.3. The number of aliphatic imine (C=N–C) groups is 1. The number of pyridine rings is 4. The molecule has 284 valence electrons. The Hall–Kier alpha value is -5.82. The van der Waals surface area contributed by atoms with Crippen molar-refractivity contribution in [1.29, 1.82) is 0 Å². The molecule has 0 amide bonds. The van der Waals surface area contributed by atoms with E-state index in [1.54, 1.807) is 42.2 Å². The second kappa shape index (κ2) is 13.7. The molecule has 0 aliphatic carbocycles. The molecule has 6 aromatic heterocycles. The maximum atomic E-state index is 14.8. The molecule has 0 saturated carbocycles. The van der Waals surface area contributed by atoms with E-state index in [1.165, 1.54) is 18.3 Å². The van der Waals surface area contributed by atoms with Gasteiger partial charge in [0.2, 0.25) is 0 Å². The molecule has 11 nitrogen and oxygen atoms in total. The molecular formula is C42H40ClF2N11. The van der Waals surface area contributed by atoms with Crippen molar-refractivity contribution in [1.82, 2.24) is 34.3 Å². The predicted octanol–water partition coefficient (Wildman–Crippen LogP) is 8.20. The summed E-state index contributed by atoms with van der Waals surface area (Å²) < 4.78 is 31.1. The lowest BCUT2D eigenvalue weighted by molar-refractivity contribution is 0.0874. The third-order valence-electron chi connectivity index (χ3n) is 12.0. The highest BCUT2D eigenvalue weighted by Gasteiger charge is 2.45. The fourth-order valence-electron chi connectivity index (χ4n) is 8.56. The Morgan fingerprint density at radius 2 is 1.64 bits per heavy atom. The minimum absolute atomic E-state index is 0.0377. The zero-order valence-corrected chi connectivity index (χ0v) is 32.3. The van der Waals surface area contributed by atoms with Gasteiger partial charge in [0.15, 0.2) is 28.6 Å². The molecular weight excluding hydrogens is 732 g/mol. The number of nitrogen functional groups attached to an aromatic ring is 1. The highest BCUT2D eigenvalue weighted by atomic mass is 35.5. The molecule has 8 heterocycles. The summed E-state index contributed by atoms with van der Waals surface area (Å²) in [7, 11) is 1.61. The van der Waals surface area contributed by atoms with E-state index < -0.39 is 11.6 Å². The minimum atomic E-state index is -0.540. The molecule has 0 bridgehead atoms. The van der Waals surface area contributed by atoms with Gasteiger partial charge in [-0.1, -0.05) is 25.4 Å². The second-order valence-electron chi connectivity index (χ2n) is 15.4. The Morgan fingerprint density at radius 1 is 0.875 bits per heavy atom. The number of halogens is 3. The van der Waals surface area contributed by atoms with Gasteiger partial charge < -0.3 is 19.9 Å². The van der Waals surface area contributed by atoms with Crippen molar-refractivity contribution in [3.8, 4) is 22.6 Å². The number of fused-ring (bicyclic) bond motifs is 3. The Morgan fingerprint density at radius 3 is 2.45 bits per heavy atom. The minimum Gasteiger partial charge on any atom is -0.396 e. The van der Waals surface area contributed by atoms with E-state index in [9.17, 15) is 8.78 Å². The van der Waals surface area contributed by atoms with Gasteiger partial charge in [-0.15, -0.1) is 0 Å². The van der Waals surface area contributed by atoms with E-state index in [2.05, 4.69) is 55.7 Å². The maximum Gasteiger partial charge on any atom is 0.173 e. The number of piperidine rings is 1. The van der Waals surface area contributed by atoms with Crippen LogP contribution in [0.25, 0.3) is 50.4 Å². The fraction of sp³-hybridized carbons (Fsp3) is 0.310. The molecule has 3 atom stereocenters. The van der Waals surface area contributed by atoms with E-state index >= 15 is 0 Å². The molecule has 2 fully saturated rings. The molecule has 0 spiro atoms. The molecule has 0 radical (unpaired) electrons. The van der Waals surface area contributed by atoms with Crippen LogP contribution in [0.4, 0.5) is 25.8 Å². The normalized spacial score (nSPS) is 20.3. The first-order valence-electron chi connectivity index (χ1n) is 18.7. The zero-order valence-electron chi connectivity index (χ0n) is 31.5. The summed E-state index contributed by atoms with van der Waals surface area (Å²) in [4.78, 5) is 36.5. The quantitative estimate of drug-likeness (QED) is 0.132. The van der Waals surface area contributed by atoms with Gasteiger partial charge in [0.1, 0.15) is 5.82 Å². The Bertz CT molecular complexity index is 2720. The number of hydrogen-bond acceptors (Lipinski definition) is 10. The standard InChI is InChI=1S/C42H40ClF2N11/c1-23-19-55(31-13-32-33(43)14-36(52-40(32)50-18-31)25-9-26(15-47-4)37(46)34(44)11-25)8-6-42(23,3)29-5-7-54(22-29)30-10-27-16-48-39(53-38(27)49-17-30)28-12-35(45)41-51-24(2)20-56(41)21-28/h9-18,20-21,23,29H,5-8,19,22,46H2,1-4H3. The Balaban J connectivity index is 0.885. The number of imidazole rings is 1. The number of anilines is 3. The number of hydrogen-bond donors (Lipinski definition) is 1. The van der Waals surface area contributed by atoms with Crippen LogP contribution in [0.15, 0.2) is 72.4 Å². The number of nitrogens with zero attached hydrogens (tertiary/aromatic N) is 10. The summed E-state index contributed by atoms with van der Waals surface area (Å²) in [6.45, 7) is 10.3. The third kappa shape index (κ3) is 6.23. The van der Waals surface area contributed by atoms with Gasteiger partial charge in [-0.2, -0.15) is 0 Å². The zero-order chi connectivity index (χ0) is 38.9. The summed E-state index contributed by atoms with van der Waals surface area (Å²) in [6, 6.07) is 10.4. The van der Waals surface area contributed by atoms with E-state index in [-0.39, 0.29) is 16.7 Å². The molecule has 7 aromatic rings. The number of aromatic nitrogens is 7. The average molecular weight is 772 g/mol. The number of benzene rings is 1. The van der Waals surface area contributed by atoms with E-state index in [1.807, 2.05) is 19.3 Å². The van der Waals surface area contributed by atoms with Crippen LogP contribution < -0.4 is 15.5 Å². The van der Waals surface area contributed by atoms with Crippen molar-refractivity contribution in [2.75, 3.05) is 48.8 Å². The van der Waals surface area contributed by atoms with E-state index in [4.69, 9.17) is 32.3 Å². The van der Waals surface area contributed by atoms with Crippen molar-refractivity contribution >= 4 is 62.6 Å². The monoisotopic (exact) mass is 771 g/mol. The topological polar surface area (TPSA) is 127 Å². The molecule has 3 unspecified atom stereocenters. The van der Waals surface area contributed by atoms with Crippen molar-refractivity contribution < 1.29 is 8.78 Å². The molecule has 14 heteroatoms. The van der Waals surface area contributed by atoms with Gasteiger partial charge in [0.25, 0.3) is 0 Å². The van der Waals surface area contributed by atoms with Crippen LogP contribution in [-0.4, -0.2) is 73.7 Å². The Kier molecular flexibility index (Phi) is 8.79. The average Bonchev–Trinajstić information content (AvgIpc) is 3.85. The van der Waals surface area contributed by atoms with Crippen molar-refractivity contribution in [2.45, 2.75) is 33.6 Å². The third-order valence-corrected chi connectivity index (χ3v) is 12.3. The molecule has 2 N–H and O–H groups in total. The van der Waals surface area contributed by atoms with Gasteiger partial charge in [-0.3, -0.25) is 4.99 Å². The second-order valence-corrected chi connectivity index (χ2v) is 15.8. The summed E-state index contributed by atoms with van der Waals surface area (Å²) in [5, 5.41) is 2.09. The summed E-state index contributed by atoms with van der Waals surface area (Å²) >= 11 is 6.83. The SMILES string of the molecule is CN=Cc1cc(-c2cc(Cl)c3cc(N4CCC(C)(C5CCN(c6cnc7nc(-c8cc(F)c9nc(C)cn9c8)ncc7c6)C5)C(C)C4)cnc3n2)cc(F)c1N. The molecule has 2 aliphatic heterocycles. The largest absolute Gasteiger partial charge is 0.396 e. The molecule has 56 heavy (non-hydrogen) atoms. The lowest BCUT2D eigenvalue weighted by Gasteiger charge is -2.48. The molecule has 1 aromatic carbocycles. The van der Waals surface area contributed by atoms with Crippen LogP contribution in [0.5, 0.6) is 0 Å². The number of aryl methyl sites for hydroxylation is 1. The summed E-state index contributed by atoms with van der Waals surface area (Å²) in [6.07, 6.45) is 12.8. The van der Waals surface area contributed by atoms with Gasteiger partial charge in [-0.25, -0.2) is 38.7 Å². The van der Waals surface area contributed by atoms with Crippen LogP contribution in [-0.2, 0) is 0 Å². The van der Waals surface area contributed by atoms with Crippen LogP contribution >= 0.6 is 11.6 Å². The highest BCUT2D eigenvalue weighted by Crippen LogP contribution is 2.48. The van der Waals surface area contributed by atoms with Gasteiger partial charge in [-0.05, 0) is 73.4 Å². The predicted molar refractivity (Wildman–Crippen MR) is 219 cm³/mol. The first kappa shape index (κ1) is 35.9. The smallest absolute Gasteiger partial charge is 0.173 e. The number of rotatable bonds is 6. The van der Waals surface area contributed by atoms with Gasteiger partial charge in [0, 0.05) is 85.5 Å². The fourth-order valence-corrected chi connectivity index (χ4v) is 8.80. The summed E-state index contributed by atoms with van der Waals surface area (Å²) in [5.74, 6) is 0.389. The van der Waals surface area contributed by atoms with E-state index in [0.717, 1.165) is 66.9 Å². The van der Waals surface area contributed by atoms with Crippen molar-refractivity contribution in [3.63, 3.8) is 0 Å². The first-order chi connectivity index (χ1) is 27.0. The van der Waals surface area contributed by atoms with Crippen molar-refractivity contribution in [2.24, 2.45) is 22.2 Å². The first-order valence-corrected chi connectivity index (χ1v) is 19.1. The van der Waals surface area contributed by atoms with Crippen LogP contribution in [0.1, 0.15) is 37.9 Å². The number of nitrogens with two attached hydrogens (primary N) is 1. The Labute approximate surface area is 327 Å². The van der Waals surface area contributed by atoms with Crippen LogP contribution in [0.3, 0.4) is 0 Å². The lowest BCUT2D eigenvalue weighted by atomic mass is 9.64. The molecule has 2 saturated heterocycles. The van der Waals surface area contributed by atoms with Gasteiger partial charge >= 0.3 is 0 Å². The highest BCUT2D eigenvalue weighted by molar-refractivity contribution is 6.35. The van der Waals surface area contributed by atoms with Gasteiger partial charge in [0.05, 0.1) is 45.9 Å². The molecule has 2 aliphatic rings. The van der Waals surface area contributed by atoms with E-state index in [0.29, 0.717) is 56.4 Å². The van der Waals surface area contributed by atoms with Crippen LogP contribution in [0.2, 0.25) is 5.02 Å². The molecule has 9 rings (SSSR count). The van der Waals surface area contributed by atoms with Crippen LogP contribution in [0, 0.1) is 35.8 Å².